The maximum atomic E-state index is 13.1. The van der Waals surface area contributed by atoms with Gasteiger partial charge in [-0.25, -0.2) is 17.6 Å². The quantitative estimate of drug-likeness (QED) is 0.554. The van der Waals surface area contributed by atoms with Gasteiger partial charge in [0, 0.05) is 0 Å². The zero-order chi connectivity index (χ0) is 14.5. The van der Waals surface area contributed by atoms with Crippen LogP contribution >= 0.6 is 0 Å². The molecule has 106 valence electrons. The Morgan fingerprint density at radius 3 is 2.58 bits per heavy atom. The Balaban J connectivity index is 2.89. The summed E-state index contributed by atoms with van der Waals surface area (Å²) in [6, 6.07) is 2.58. The second kappa shape index (κ2) is 6.60. The van der Waals surface area contributed by atoms with E-state index < -0.39 is 27.2 Å². The molecule has 6 nitrogen and oxygen atoms in total. The molecular weight excluding hydrogens is 279 g/mol. The molecule has 8 heteroatoms. The predicted molar refractivity (Wildman–Crippen MR) is 63.3 cm³/mol. The van der Waals surface area contributed by atoms with Crippen LogP contribution in [-0.2, 0) is 14.6 Å². The van der Waals surface area contributed by atoms with Crippen LogP contribution < -0.4 is 0 Å². The average Bonchev–Trinajstić information content (AvgIpc) is 2.34. The molecule has 0 aromatic heterocycles. The van der Waals surface area contributed by atoms with E-state index >= 15 is 0 Å². The van der Waals surface area contributed by atoms with Gasteiger partial charge in [-0.1, -0.05) is 0 Å². The molecule has 0 fully saturated rings. The summed E-state index contributed by atoms with van der Waals surface area (Å²) in [4.78, 5) is 10.4. The van der Waals surface area contributed by atoms with Crippen molar-refractivity contribution in [3.05, 3.63) is 29.6 Å². The molecule has 0 saturated carbocycles. The summed E-state index contributed by atoms with van der Waals surface area (Å²) in [6.45, 7) is -0.345. The maximum Gasteiger partial charge on any atom is 0.338 e. The third-order valence-electron chi connectivity index (χ3n) is 2.26. The molecule has 0 spiro atoms. The summed E-state index contributed by atoms with van der Waals surface area (Å²) in [5.74, 6) is -2.91. The van der Waals surface area contributed by atoms with Crippen LogP contribution in [0.1, 0.15) is 10.4 Å². The average molecular weight is 292 g/mol. The summed E-state index contributed by atoms with van der Waals surface area (Å²) in [6.07, 6.45) is 0. The van der Waals surface area contributed by atoms with Gasteiger partial charge in [-0.3, -0.25) is 0 Å². The Kier molecular flexibility index (Phi) is 5.40. The molecule has 0 bridgehead atoms. The summed E-state index contributed by atoms with van der Waals surface area (Å²) < 4.78 is 41.6. The molecule has 0 aliphatic carbocycles. The number of aliphatic hydroxyl groups excluding tert-OH is 1. The first-order valence-corrected chi connectivity index (χ1v) is 6.98. The number of benzene rings is 1. The van der Waals surface area contributed by atoms with Gasteiger partial charge < -0.3 is 14.9 Å². The molecule has 19 heavy (non-hydrogen) atoms. The van der Waals surface area contributed by atoms with Gasteiger partial charge in [0.25, 0.3) is 0 Å². The fourth-order valence-corrected chi connectivity index (χ4v) is 2.46. The normalized spacial score (nSPS) is 11.5. The van der Waals surface area contributed by atoms with E-state index in [1.807, 2.05) is 0 Å². The van der Waals surface area contributed by atoms with Crippen molar-refractivity contribution in [2.75, 3.05) is 25.6 Å². The molecular formula is C11H13FO6S. The fraction of sp³-hybridized carbons (Fsp3) is 0.364. The van der Waals surface area contributed by atoms with E-state index in [1.54, 1.807) is 0 Å². The molecule has 0 unspecified atom stereocenters. The molecule has 0 radical (unpaired) electrons. The second-order valence-electron chi connectivity index (χ2n) is 3.60. The Bertz CT molecular complexity index is 554. The highest BCUT2D eigenvalue weighted by atomic mass is 32.2. The van der Waals surface area contributed by atoms with Crippen LogP contribution in [0.5, 0.6) is 0 Å². The Morgan fingerprint density at radius 2 is 2.00 bits per heavy atom. The van der Waals surface area contributed by atoms with Gasteiger partial charge in [0.15, 0.2) is 9.84 Å². The molecule has 0 saturated heterocycles. The van der Waals surface area contributed by atoms with E-state index in [0.29, 0.717) is 0 Å². The first kappa shape index (κ1) is 15.5. The lowest BCUT2D eigenvalue weighted by atomic mass is 10.2. The van der Waals surface area contributed by atoms with E-state index in [0.717, 1.165) is 18.2 Å². The molecule has 1 rings (SSSR count). The Hall–Kier alpha value is -1.51. The first-order valence-electron chi connectivity index (χ1n) is 5.32. The smallest absolute Gasteiger partial charge is 0.338 e. The third-order valence-corrected chi connectivity index (χ3v) is 3.94. The molecule has 0 aliphatic heterocycles. The van der Waals surface area contributed by atoms with Crippen molar-refractivity contribution in [2.45, 2.75) is 4.90 Å². The Labute approximate surface area is 109 Å². The maximum absolute atomic E-state index is 13.1. The van der Waals surface area contributed by atoms with Crippen molar-refractivity contribution in [1.82, 2.24) is 0 Å². The third kappa shape index (κ3) is 4.27. The number of hydrogen-bond donors (Lipinski definition) is 2. The molecule has 2 N–H and O–H groups in total. The first-order chi connectivity index (χ1) is 8.88. The number of ether oxygens (including phenoxy) is 1. The largest absolute Gasteiger partial charge is 0.478 e. The van der Waals surface area contributed by atoms with E-state index in [9.17, 15) is 17.6 Å². The van der Waals surface area contributed by atoms with E-state index in [2.05, 4.69) is 0 Å². The number of carbonyl (C=O) groups is 1. The topological polar surface area (TPSA) is 101 Å². The highest BCUT2D eigenvalue weighted by Crippen LogP contribution is 2.16. The number of rotatable bonds is 7. The van der Waals surface area contributed by atoms with Crippen LogP contribution in [0.25, 0.3) is 0 Å². The number of halogens is 1. The molecule has 0 heterocycles. The van der Waals surface area contributed by atoms with Gasteiger partial charge in [0.05, 0.1) is 36.0 Å². The van der Waals surface area contributed by atoms with Gasteiger partial charge in [-0.15, -0.1) is 0 Å². The number of aliphatic hydroxyl groups is 1. The second-order valence-corrected chi connectivity index (χ2v) is 5.71. The SMILES string of the molecule is O=C(O)c1cc(S(=O)(=O)CCOCCO)ccc1F. The lowest BCUT2D eigenvalue weighted by Gasteiger charge is -2.06. The predicted octanol–water partition coefficient (Wildman–Crippen LogP) is 0.306. The van der Waals surface area contributed by atoms with Gasteiger partial charge in [-0.05, 0) is 18.2 Å². The summed E-state index contributed by atoms with van der Waals surface area (Å²) in [5.41, 5.74) is -0.697. The summed E-state index contributed by atoms with van der Waals surface area (Å²) >= 11 is 0. The zero-order valence-electron chi connectivity index (χ0n) is 9.87. The van der Waals surface area contributed by atoms with E-state index in [4.69, 9.17) is 14.9 Å². The number of carboxylic acids is 1. The fourth-order valence-electron chi connectivity index (χ4n) is 1.31. The van der Waals surface area contributed by atoms with Crippen LogP contribution in [0.3, 0.4) is 0 Å². The van der Waals surface area contributed by atoms with Gasteiger partial charge >= 0.3 is 5.97 Å². The van der Waals surface area contributed by atoms with Crippen molar-refractivity contribution in [3.63, 3.8) is 0 Å². The highest BCUT2D eigenvalue weighted by molar-refractivity contribution is 7.91. The minimum atomic E-state index is -3.75. The molecule has 0 amide bonds. The molecule has 0 aliphatic rings. The number of carboxylic acid groups (broad SMARTS) is 1. The van der Waals surface area contributed by atoms with Crippen molar-refractivity contribution >= 4 is 15.8 Å². The van der Waals surface area contributed by atoms with Crippen LogP contribution in [0, 0.1) is 5.82 Å². The minimum absolute atomic E-state index is 0.0132. The minimum Gasteiger partial charge on any atom is -0.478 e. The van der Waals surface area contributed by atoms with Gasteiger partial charge in [0.1, 0.15) is 5.82 Å². The molecule has 0 atom stereocenters. The lowest BCUT2D eigenvalue weighted by molar-refractivity contribution is 0.0691. The molecule has 1 aromatic carbocycles. The number of hydrogen-bond acceptors (Lipinski definition) is 5. The van der Waals surface area contributed by atoms with Crippen molar-refractivity contribution in [3.8, 4) is 0 Å². The zero-order valence-corrected chi connectivity index (χ0v) is 10.7. The van der Waals surface area contributed by atoms with Gasteiger partial charge in [0.2, 0.25) is 0 Å². The van der Waals surface area contributed by atoms with Crippen molar-refractivity contribution in [1.29, 1.82) is 0 Å². The van der Waals surface area contributed by atoms with Crippen LogP contribution in [0.2, 0.25) is 0 Å². The van der Waals surface area contributed by atoms with E-state index in [-0.39, 0.29) is 30.5 Å². The molecule has 1 aromatic rings. The number of aromatic carboxylic acids is 1. The lowest BCUT2D eigenvalue weighted by Crippen LogP contribution is -2.15. The Morgan fingerprint density at radius 1 is 1.32 bits per heavy atom. The van der Waals surface area contributed by atoms with E-state index in [1.165, 1.54) is 0 Å². The number of sulfone groups is 1. The van der Waals surface area contributed by atoms with Crippen LogP contribution in [0.15, 0.2) is 23.1 Å². The highest BCUT2D eigenvalue weighted by Gasteiger charge is 2.19. The van der Waals surface area contributed by atoms with Crippen molar-refractivity contribution in [2.24, 2.45) is 0 Å². The van der Waals surface area contributed by atoms with Crippen LogP contribution in [-0.4, -0.2) is 50.2 Å². The standard InChI is InChI=1S/C11H13FO6S/c12-10-2-1-8(7-9(10)11(14)15)19(16,17)6-5-18-4-3-13/h1-2,7,13H,3-6H2,(H,14,15). The monoisotopic (exact) mass is 292 g/mol. The van der Waals surface area contributed by atoms with Gasteiger partial charge in [-0.2, -0.15) is 0 Å². The van der Waals surface area contributed by atoms with Crippen LogP contribution in [0.4, 0.5) is 4.39 Å². The van der Waals surface area contributed by atoms with Crippen molar-refractivity contribution < 1.29 is 32.6 Å². The summed E-state index contributed by atoms with van der Waals surface area (Å²) in [7, 11) is -3.75. The summed E-state index contributed by atoms with van der Waals surface area (Å²) in [5, 5.41) is 17.2.